The molecule has 0 aliphatic heterocycles. The van der Waals surface area contributed by atoms with Gasteiger partial charge < -0.3 is 16.2 Å². The number of carbonyl (C=O) groups is 1. The van der Waals surface area contributed by atoms with Gasteiger partial charge in [-0.2, -0.15) is 0 Å². The van der Waals surface area contributed by atoms with Crippen LogP contribution in [-0.4, -0.2) is 23.7 Å². The number of para-hydroxylation sites is 1. The van der Waals surface area contributed by atoms with E-state index < -0.39 is 12.0 Å². The lowest BCUT2D eigenvalue weighted by atomic mass is 10.0. The normalized spacial score (nSPS) is 11.8. The fourth-order valence-corrected chi connectivity index (χ4v) is 1.97. The second-order valence-corrected chi connectivity index (χ2v) is 4.65. The van der Waals surface area contributed by atoms with Gasteiger partial charge in [0, 0.05) is 12.2 Å². The summed E-state index contributed by atoms with van der Waals surface area (Å²) >= 11 is 0. The predicted octanol–water partition coefficient (Wildman–Crippen LogP) is 2.10. The van der Waals surface area contributed by atoms with Gasteiger partial charge in [0.25, 0.3) is 0 Å². The summed E-state index contributed by atoms with van der Waals surface area (Å²) in [4.78, 5) is 10.7. The van der Waals surface area contributed by atoms with Crippen molar-refractivity contribution < 1.29 is 9.90 Å². The van der Waals surface area contributed by atoms with Gasteiger partial charge in [-0.15, -0.1) is 0 Å². The van der Waals surface area contributed by atoms with Crippen LogP contribution in [0, 0.1) is 0 Å². The first-order valence-electron chi connectivity index (χ1n) is 6.51. The van der Waals surface area contributed by atoms with Crippen LogP contribution >= 0.6 is 0 Å². The van der Waals surface area contributed by atoms with Crippen molar-refractivity contribution in [1.29, 1.82) is 0 Å². The van der Waals surface area contributed by atoms with E-state index in [1.807, 2.05) is 42.5 Å². The molecular weight excluding hydrogens is 252 g/mol. The fourth-order valence-electron chi connectivity index (χ4n) is 1.97. The summed E-state index contributed by atoms with van der Waals surface area (Å²) in [7, 11) is 0. The Labute approximate surface area is 118 Å². The molecule has 1 unspecified atom stereocenters. The lowest BCUT2D eigenvalue weighted by Gasteiger charge is -2.14. The molecule has 0 bridgehead atoms. The van der Waals surface area contributed by atoms with E-state index in [1.54, 1.807) is 0 Å². The predicted molar refractivity (Wildman–Crippen MR) is 79.8 cm³/mol. The molecule has 0 amide bonds. The maximum absolute atomic E-state index is 10.7. The van der Waals surface area contributed by atoms with Gasteiger partial charge >= 0.3 is 5.97 Å². The van der Waals surface area contributed by atoms with E-state index in [1.165, 1.54) is 5.56 Å². The highest BCUT2D eigenvalue weighted by atomic mass is 16.4. The topological polar surface area (TPSA) is 75.3 Å². The van der Waals surface area contributed by atoms with Gasteiger partial charge in [0.05, 0.1) is 0 Å². The molecule has 0 heterocycles. The molecule has 104 valence electrons. The van der Waals surface area contributed by atoms with Crippen molar-refractivity contribution in [2.45, 2.75) is 12.5 Å². The van der Waals surface area contributed by atoms with Crippen LogP contribution in [0.1, 0.15) is 11.1 Å². The first-order valence-corrected chi connectivity index (χ1v) is 6.51. The number of carboxylic acids is 1. The Bertz CT molecular complexity index is 570. The van der Waals surface area contributed by atoms with Gasteiger partial charge in [-0.25, -0.2) is 0 Å². The number of hydrogen-bond acceptors (Lipinski definition) is 3. The van der Waals surface area contributed by atoms with Crippen LogP contribution in [0.25, 0.3) is 0 Å². The van der Waals surface area contributed by atoms with Gasteiger partial charge in [-0.1, -0.05) is 48.5 Å². The third kappa shape index (κ3) is 3.83. The first-order chi connectivity index (χ1) is 9.66. The molecule has 0 saturated carbocycles. The number of hydrogen-bond donors (Lipinski definition) is 3. The zero-order valence-electron chi connectivity index (χ0n) is 11.1. The summed E-state index contributed by atoms with van der Waals surface area (Å²) in [6, 6.07) is 17.1. The standard InChI is InChI=1S/C16H18N2O2/c17-14(16(19)20)11-18-15-9-5-4-8-13(15)10-12-6-2-1-3-7-12/h1-9,14,18H,10-11,17H2,(H,19,20). The average Bonchev–Trinajstić information content (AvgIpc) is 2.47. The molecule has 20 heavy (non-hydrogen) atoms. The molecule has 0 aromatic heterocycles. The van der Waals surface area contributed by atoms with E-state index in [0.717, 1.165) is 17.7 Å². The van der Waals surface area contributed by atoms with E-state index in [0.29, 0.717) is 0 Å². The molecular formula is C16H18N2O2. The number of nitrogens with one attached hydrogen (secondary N) is 1. The van der Waals surface area contributed by atoms with Crippen LogP contribution in [0.4, 0.5) is 5.69 Å². The Kier molecular flexibility index (Phi) is 4.74. The van der Waals surface area contributed by atoms with Crippen molar-refractivity contribution in [1.82, 2.24) is 0 Å². The van der Waals surface area contributed by atoms with Crippen molar-refractivity contribution in [3.8, 4) is 0 Å². The third-order valence-electron chi connectivity index (χ3n) is 3.08. The SMILES string of the molecule is NC(CNc1ccccc1Cc1ccccc1)C(=O)O. The highest BCUT2D eigenvalue weighted by Gasteiger charge is 2.11. The lowest BCUT2D eigenvalue weighted by Crippen LogP contribution is -2.37. The number of rotatable bonds is 6. The van der Waals surface area contributed by atoms with E-state index in [-0.39, 0.29) is 6.54 Å². The molecule has 4 nitrogen and oxygen atoms in total. The number of anilines is 1. The average molecular weight is 270 g/mol. The highest BCUT2D eigenvalue weighted by Crippen LogP contribution is 2.18. The monoisotopic (exact) mass is 270 g/mol. The molecule has 0 saturated heterocycles. The Hall–Kier alpha value is -2.33. The van der Waals surface area contributed by atoms with Crippen LogP contribution in [0.5, 0.6) is 0 Å². The second-order valence-electron chi connectivity index (χ2n) is 4.65. The Morgan fingerprint density at radius 3 is 2.45 bits per heavy atom. The van der Waals surface area contributed by atoms with Gasteiger partial charge in [0.2, 0.25) is 0 Å². The van der Waals surface area contributed by atoms with Crippen molar-refractivity contribution in [2.75, 3.05) is 11.9 Å². The number of aliphatic carboxylic acids is 1. The minimum Gasteiger partial charge on any atom is -0.480 e. The summed E-state index contributed by atoms with van der Waals surface area (Å²) < 4.78 is 0. The van der Waals surface area contributed by atoms with E-state index in [2.05, 4.69) is 17.4 Å². The molecule has 2 aromatic rings. The van der Waals surface area contributed by atoms with Crippen molar-refractivity contribution in [2.24, 2.45) is 5.73 Å². The molecule has 2 aromatic carbocycles. The van der Waals surface area contributed by atoms with E-state index >= 15 is 0 Å². The lowest BCUT2D eigenvalue weighted by molar-refractivity contribution is -0.138. The van der Waals surface area contributed by atoms with Gasteiger partial charge in [-0.3, -0.25) is 4.79 Å². The fraction of sp³-hybridized carbons (Fsp3) is 0.188. The van der Waals surface area contributed by atoms with E-state index in [9.17, 15) is 4.79 Å². The maximum Gasteiger partial charge on any atom is 0.322 e. The molecule has 0 aliphatic rings. The van der Waals surface area contributed by atoms with Crippen LogP contribution in [-0.2, 0) is 11.2 Å². The first kappa shape index (κ1) is 14.1. The molecule has 0 spiro atoms. The van der Waals surface area contributed by atoms with Gasteiger partial charge in [0.1, 0.15) is 6.04 Å². The molecule has 2 rings (SSSR count). The summed E-state index contributed by atoms with van der Waals surface area (Å²) in [5.41, 5.74) is 8.76. The Morgan fingerprint density at radius 1 is 1.10 bits per heavy atom. The van der Waals surface area contributed by atoms with Gasteiger partial charge in [-0.05, 0) is 23.6 Å². The van der Waals surface area contributed by atoms with Crippen LogP contribution in [0.2, 0.25) is 0 Å². The zero-order chi connectivity index (χ0) is 14.4. The maximum atomic E-state index is 10.7. The van der Waals surface area contributed by atoms with Crippen molar-refractivity contribution in [3.63, 3.8) is 0 Å². The highest BCUT2D eigenvalue weighted by molar-refractivity contribution is 5.74. The number of carboxylic acid groups (broad SMARTS) is 1. The third-order valence-corrected chi connectivity index (χ3v) is 3.08. The summed E-state index contributed by atoms with van der Waals surface area (Å²) in [6.07, 6.45) is 0.798. The number of nitrogens with two attached hydrogens (primary N) is 1. The smallest absolute Gasteiger partial charge is 0.322 e. The molecule has 1 atom stereocenters. The van der Waals surface area contributed by atoms with E-state index in [4.69, 9.17) is 10.8 Å². The van der Waals surface area contributed by atoms with Crippen LogP contribution < -0.4 is 11.1 Å². The molecule has 4 N–H and O–H groups in total. The Morgan fingerprint density at radius 2 is 1.75 bits per heavy atom. The number of benzene rings is 2. The molecule has 0 aliphatic carbocycles. The van der Waals surface area contributed by atoms with Crippen molar-refractivity contribution in [3.05, 3.63) is 65.7 Å². The quantitative estimate of drug-likeness (QED) is 0.751. The minimum atomic E-state index is -1.00. The molecule has 0 fully saturated rings. The Balaban J connectivity index is 2.08. The second kappa shape index (κ2) is 6.73. The zero-order valence-corrected chi connectivity index (χ0v) is 11.1. The minimum absolute atomic E-state index is 0.209. The largest absolute Gasteiger partial charge is 0.480 e. The summed E-state index contributed by atoms with van der Waals surface area (Å²) in [5.74, 6) is -1.00. The van der Waals surface area contributed by atoms with Crippen LogP contribution in [0.15, 0.2) is 54.6 Å². The molecule has 0 radical (unpaired) electrons. The molecule has 4 heteroatoms. The summed E-state index contributed by atoms with van der Waals surface area (Å²) in [6.45, 7) is 0.209. The van der Waals surface area contributed by atoms with Gasteiger partial charge in [0.15, 0.2) is 0 Å². The summed E-state index contributed by atoms with van der Waals surface area (Å²) in [5, 5.41) is 11.9. The van der Waals surface area contributed by atoms with Crippen LogP contribution in [0.3, 0.4) is 0 Å². The van der Waals surface area contributed by atoms with Crippen molar-refractivity contribution >= 4 is 11.7 Å².